The molecule has 0 fully saturated rings. The predicted octanol–water partition coefficient (Wildman–Crippen LogP) is 2.70. The van der Waals surface area contributed by atoms with Crippen molar-refractivity contribution in [3.8, 4) is 0 Å². The van der Waals surface area contributed by atoms with Crippen LogP contribution < -0.4 is 10.6 Å². The molecule has 0 saturated carbocycles. The number of aliphatic hydroxyl groups is 1. The molecule has 0 bridgehead atoms. The van der Waals surface area contributed by atoms with Crippen molar-refractivity contribution >= 4 is 27.6 Å². The van der Waals surface area contributed by atoms with Crippen molar-refractivity contribution in [2.45, 2.75) is 6.04 Å². The highest BCUT2D eigenvalue weighted by molar-refractivity contribution is 9.10. The molecule has 2 amide bonds. The summed E-state index contributed by atoms with van der Waals surface area (Å²) in [7, 11) is 0. The van der Waals surface area contributed by atoms with Crippen molar-refractivity contribution in [3.63, 3.8) is 0 Å². The molecule has 0 aliphatic heterocycles. The van der Waals surface area contributed by atoms with Gasteiger partial charge in [-0.15, -0.1) is 0 Å². The highest BCUT2D eigenvalue weighted by Gasteiger charge is 2.13. The zero-order valence-corrected chi connectivity index (χ0v) is 12.2. The number of anilines is 1. The number of urea groups is 1. The van der Waals surface area contributed by atoms with Gasteiger partial charge in [-0.2, -0.15) is 0 Å². The summed E-state index contributed by atoms with van der Waals surface area (Å²) in [6.07, 6.45) is 3.17. The third-order valence-corrected chi connectivity index (χ3v) is 3.09. The maximum Gasteiger partial charge on any atom is 0.319 e. The molecule has 20 heavy (non-hydrogen) atoms. The van der Waals surface area contributed by atoms with Gasteiger partial charge in [-0.25, -0.2) is 4.79 Å². The maximum absolute atomic E-state index is 11.9. The van der Waals surface area contributed by atoms with E-state index in [4.69, 9.17) is 0 Å². The van der Waals surface area contributed by atoms with Gasteiger partial charge in [-0.05, 0) is 27.6 Å². The first-order valence-electron chi connectivity index (χ1n) is 6.03. The monoisotopic (exact) mass is 335 g/mol. The van der Waals surface area contributed by atoms with Crippen LogP contribution in [0.4, 0.5) is 10.5 Å². The van der Waals surface area contributed by atoms with Crippen LogP contribution in [0.5, 0.6) is 0 Å². The number of amides is 2. The largest absolute Gasteiger partial charge is 0.394 e. The average molecular weight is 336 g/mol. The van der Waals surface area contributed by atoms with Crippen LogP contribution in [0.1, 0.15) is 11.6 Å². The second-order valence-corrected chi connectivity index (χ2v) is 5.05. The first-order chi connectivity index (χ1) is 9.69. The van der Waals surface area contributed by atoms with Gasteiger partial charge < -0.3 is 15.7 Å². The van der Waals surface area contributed by atoms with Crippen LogP contribution in [0.3, 0.4) is 0 Å². The van der Waals surface area contributed by atoms with Crippen LogP contribution in [0.2, 0.25) is 0 Å². The number of hydrogen-bond donors (Lipinski definition) is 3. The lowest BCUT2D eigenvalue weighted by atomic mass is 10.1. The molecule has 0 radical (unpaired) electrons. The molecule has 2 aromatic rings. The molecule has 2 rings (SSSR count). The van der Waals surface area contributed by atoms with Gasteiger partial charge in [-0.3, -0.25) is 4.98 Å². The molecule has 0 aliphatic rings. The number of nitrogens with zero attached hydrogens (tertiary/aromatic N) is 1. The Morgan fingerprint density at radius 2 is 2.05 bits per heavy atom. The van der Waals surface area contributed by atoms with E-state index < -0.39 is 12.1 Å². The number of pyridine rings is 1. The minimum Gasteiger partial charge on any atom is -0.394 e. The minimum atomic E-state index is -0.448. The number of aliphatic hydroxyl groups excluding tert-OH is 1. The van der Waals surface area contributed by atoms with Crippen molar-refractivity contribution in [2.24, 2.45) is 0 Å². The van der Waals surface area contributed by atoms with Crippen molar-refractivity contribution in [1.29, 1.82) is 0 Å². The van der Waals surface area contributed by atoms with E-state index in [0.29, 0.717) is 5.69 Å². The van der Waals surface area contributed by atoms with Crippen molar-refractivity contribution in [1.82, 2.24) is 10.3 Å². The number of rotatable bonds is 4. The molecule has 1 heterocycles. The van der Waals surface area contributed by atoms with Crippen LogP contribution in [0.15, 0.2) is 53.3 Å². The third kappa shape index (κ3) is 4.04. The lowest BCUT2D eigenvalue weighted by Gasteiger charge is -2.17. The van der Waals surface area contributed by atoms with E-state index in [0.717, 1.165) is 10.0 Å². The Kier molecular flexibility index (Phi) is 5.09. The Morgan fingerprint density at radius 3 is 2.70 bits per heavy atom. The van der Waals surface area contributed by atoms with E-state index in [2.05, 4.69) is 31.5 Å². The SMILES string of the molecule is O=C(Nc1cncc(Br)c1)N[C@H](CO)c1ccccc1. The Bertz CT molecular complexity index is 578. The molecule has 1 atom stereocenters. The van der Waals surface area contributed by atoms with E-state index in [1.54, 1.807) is 18.5 Å². The number of halogens is 1. The number of nitrogens with one attached hydrogen (secondary N) is 2. The molecule has 6 heteroatoms. The van der Waals surface area contributed by atoms with Gasteiger partial charge in [0.15, 0.2) is 0 Å². The number of hydrogen-bond acceptors (Lipinski definition) is 3. The molecule has 1 aromatic heterocycles. The fourth-order valence-corrected chi connectivity index (χ4v) is 2.09. The molecular formula is C14H14BrN3O2. The van der Waals surface area contributed by atoms with Crippen LogP contribution in [0.25, 0.3) is 0 Å². The van der Waals surface area contributed by atoms with Crippen LogP contribution in [0, 0.1) is 0 Å². The van der Waals surface area contributed by atoms with Gasteiger partial charge in [0.25, 0.3) is 0 Å². The number of benzene rings is 1. The summed E-state index contributed by atoms with van der Waals surface area (Å²) in [5, 5.41) is 14.7. The minimum absolute atomic E-state index is 0.172. The standard InChI is InChI=1S/C14H14BrN3O2/c15-11-6-12(8-16-7-11)17-14(20)18-13(9-19)10-4-2-1-3-5-10/h1-8,13,19H,9H2,(H2,17,18,20)/t13-/m1/s1. The molecular weight excluding hydrogens is 322 g/mol. The summed E-state index contributed by atoms with van der Waals surface area (Å²) in [4.78, 5) is 15.8. The smallest absolute Gasteiger partial charge is 0.319 e. The zero-order valence-electron chi connectivity index (χ0n) is 10.6. The fraction of sp³-hybridized carbons (Fsp3) is 0.143. The summed E-state index contributed by atoms with van der Waals surface area (Å²) in [5.41, 5.74) is 1.42. The molecule has 0 saturated heterocycles. The van der Waals surface area contributed by atoms with Crippen molar-refractivity contribution in [3.05, 3.63) is 58.8 Å². The summed E-state index contributed by atoms with van der Waals surface area (Å²) in [6.45, 7) is -0.172. The van der Waals surface area contributed by atoms with Gasteiger partial charge >= 0.3 is 6.03 Å². The molecule has 1 aromatic carbocycles. The highest BCUT2D eigenvalue weighted by Crippen LogP contribution is 2.15. The number of aromatic nitrogens is 1. The van der Waals surface area contributed by atoms with E-state index in [-0.39, 0.29) is 6.61 Å². The Balaban J connectivity index is 2.00. The fourth-order valence-electron chi connectivity index (χ4n) is 1.73. The predicted molar refractivity (Wildman–Crippen MR) is 80.4 cm³/mol. The van der Waals surface area contributed by atoms with Gasteiger partial charge in [0.2, 0.25) is 0 Å². The first-order valence-corrected chi connectivity index (χ1v) is 6.82. The van der Waals surface area contributed by atoms with Crippen molar-refractivity contribution < 1.29 is 9.90 Å². The van der Waals surface area contributed by atoms with E-state index in [9.17, 15) is 9.90 Å². The normalized spacial score (nSPS) is 11.7. The number of carbonyl (C=O) groups excluding carboxylic acids is 1. The Morgan fingerprint density at radius 1 is 1.30 bits per heavy atom. The lowest BCUT2D eigenvalue weighted by molar-refractivity contribution is 0.225. The van der Waals surface area contributed by atoms with E-state index in [1.807, 2.05) is 30.3 Å². The second-order valence-electron chi connectivity index (χ2n) is 4.14. The van der Waals surface area contributed by atoms with Crippen molar-refractivity contribution in [2.75, 3.05) is 11.9 Å². The van der Waals surface area contributed by atoms with Gasteiger partial charge in [0.1, 0.15) is 0 Å². The summed E-state index contributed by atoms with van der Waals surface area (Å²) in [6, 6.07) is 10.2. The van der Waals surface area contributed by atoms with Gasteiger partial charge in [-0.1, -0.05) is 30.3 Å². The lowest BCUT2D eigenvalue weighted by Crippen LogP contribution is -2.34. The van der Waals surface area contributed by atoms with Crippen LogP contribution in [-0.2, 0) is 0 Å². The van der Waals surface area contributed by atoms with Crippen LogP contribution in [-0.4, -0.2) is 22.7 Å². The topological polar surface area (TPSA) is 74.2 Å². The zero-order chi connectivity index (χ0) is 14.4. The molecule has 5 nitrogen and oxygen atoms in total. The van der Waals surface area contributed by atoms with Crippen LogP contribution >= 0.6 is 15.9 Å². The average Bonchev–Trinajstić information content (AvgIpc) is 2.45. The summed E-state index contributed by atoms with van der Waals surface area (Å²) in [5.74, 6) is 0. The van der Waals surface area contributed by atoms with Gasteiger partial charge in [0, 0.05) is 10.7 Å². The molecule has 0 spiro atoms. The summed E-state index contributed by atoms with van der Waals surface area (Å²) < 4.78 is 0.775. The quantitative estimate of drug-likeness (QED) is 0.804. The third-order valence-electron chi connectivity index (χ3n) is 2.65. The highest BCUT2D eigenvalue weighted by atomic mass is 79.9. The maximum atomic E-state index is 11.9. The molecule has 3 N–H and O–H groups in total. The Hall–Kier alpha value is -1.92. The van der Waals surface area contributed by atoms with E-state index >= 15 is 0 Å². The molecule has 0 unspecified atom stereocenters. The summed E-state index contributed by atoms with van der Waals surface area (Å²) >= 11 is 3.28. The number of carbonyl (C=O) groups is 1. The molecule has 104 valence electrons. The molecule has 0 aliphatic carbocycles. The van der Waals surface area contributed by atoms with Gasteiger partial charge in [0.05, 0.1) is 24.5 Å². The second kappa shape index (κ2) is 7.02. The first kappa shape index (κ1) is 14.5. The Labute approximate surface area is 125 Å². The van der Waals surface area contributed by atoms with E-state index in [1.165, 1.54) is 0 Å².